The molecule has 0 aliphatic carbocycles. The van der Waals surface area contributed by atoms with E-state index in [1.807, 2.05) is 0 Å². The SMILES string of the molecule is COc1c(F)cc(N2C(=O)c3ccccc3C2=O)cc1Cl. The molecule has 6 heteroatoms. The van der Waals surface area contributed by atoms with Gasteiger partial charge in [0.2, 0.25) is 0 Å². The maximum Gasteiger partial charge on any atom is 0.266 e. The van der Waals surface area contributed by atoms with Crippen molar-refractivity contribution in [3.8, 4) is 5.75 Å². The van der Waals surface area contributed by atoms with Gasteiger partial charge in [-0.15, -0.1) is 0 Å². The number of fused-ring (bicyclic) bond motifs is 1. The first-order chi connectivity index (χ1) is 10.0. The van der Waals surface area contributed by atoms with E-state index in [9.17, 15) is 14.0 Å². The van der Waals surface area contributed by atoms with E-state index >= 15 is 0 Å². The van der Waals surface area contributed by atoms with Crippen LogP contribution in [0.4, 0.5) is 10.1 Å². The molecule has 0 saturated carbocycles. The summed E-state index contributed by atoms with van der Waals surface area (Å²) < 4.78 is 18.7. The Balaban J connectivity index is 2.11. The van der Waals surface area contributed by atoms with Crippen molar-refractivity contribution in [3.05, 3.63) is 58.4 Å². The number of hydrogen-bond acceptors (Lipinski definition) is 3. The number of ether oxygens (including phenoxy) is 1. The van der Waals surface area contributed by atoms with Crippen LogP contribution >= 0.6 is 11.6 Å². The van der Waals surface area contributed by atoms with E-state index in [-0.39, 0.29) is 27.6 Å². The third kappa shape index (κ3) is 1.97. The number of methoxy groups -OCH3 is 1. The summed E-state index contributed by atoms with van der Waals surface area (Å²) in [7, 11) is 1.28. The third-order valence-corrected chi connectivity index (χ3v) is 3.52. The van der Waals surface area contributed by atoms with Gasteiger partial charge in [-0.2, -0.15) is 0 Å². The number of carbonyl (C=O) groups is 2. The van der Waals surface area contributed by atoms with Crippen LogP contribution in [0.15, 0.2) is 36.4 Å². The molecule has 0 bridgehead atoms. The van der Waals surface area contributed by atoms with Gasteiger partial charge >= 0.3 is 0 Å². The van der Waals surface area contributed by atoms with Gasteiger partial charge in [0.15, 0.2) is 11.6 Å². The normalized spacial score (nSPS) is 13.6. The summed E-state index contributed by atoms with van der Waals surface area (Å²) in [5, 5.41) is -0.0101. The predicted octanol–water partition coefficient (Wildman–Crippen LogP) is 3.29. The Morgan fingerprint density at radius 3 is 2.14 bits per heavy atom. The van der Waals surface area contributed by atoms with E-state index in [0.717, 1.165) is 11.0 Å². The lowest BCUT2D eigenvalue weighted by molar-refractivity contribution is 0.0926. The van der Waals surface area contributed by atoms with Gasteiger partial charge in [0.05, 0.1) is 28.9 Å². The largest absolute Gasteiger partial charge is 0.492 e. The molecule has 0 atom stereocenters. The molecule has 21 heavy (non-hydrogen) atoms. The Hall–Kier alpha value is -2.40. The summed E-state index contributed by atoms with van der Waals surface area (Å²) in [6.45, 7) is 0. The van der Waals surface area contributed by atoms with E-state index in [4.69, 9.17) is 16.3 Å². The van der Waals surface area contributed by atoms with E-state index in [0.29, 0.717) is 0 Å². The molecule has 0 spiro atoms. The van der Waals surface area contributed by atoms with Crippen LogP contribution in [0.3, 0.4) is 0 Å². The van der Waals surface area contributed by atoms with Crippen LogP contribution in [0.5, 0.6) is 5.75 Å². The Morgan fingerprint density at radius 1 is 1.10 bits per heavy atom. The molecule has 106 valence electrons. The number of anilines is 1. The topological polar surface area (TPSA) is 46.6 Å². The number of halogens is 2. The first-order valence-electron chi connectivity index (χ1n) is 6.05. The molecule has 0 N–H and O–H groups in total. The lowest BCUT2D eigenvalue weighted by Crippen LogP contribution is -2.29. The number of hydrogen-bond donors (Lipinski definition) is 0. The van der Waals surface area contributed by atoms with Crippen molar-refractivity contribution in [2.24, 2.45) is 0 Å². The first kappa shape index (κ1) is 13.6. The fourth-order valence-corrected chi connectivity index (χ4v) is 2.57. The summed E-state index contributed by atoms with van der Waals surface area (Å²) in [4.78, 5) is 25.5. The van der Waals surface area contributed by atoms with Crippen LogP contribution in [-0.4, -0.2) is 18.9 Å². The van der Waals surface area contributed by atoms with Gasteiger partial charge in [0.1, 0.15) is 0 Å². The average molecular weight is 306 g/mol. The number of carbonyl (C=O) groups excluding carboxylic acids is 2. The molecule has 0 radical (unpaired) electrons. The second-order valence-corrected chi connectivity index (χ2v) is 4.84. The highest BCUT2D eigenvalue weighted by molar-refractivity contribution is 6.36. The lowest BCUT2D eigenvalue weighted by Gasteiger charge is -2.15. The van der Waals surface area contributed by atoms with Gasteiger partial charge in [-0.05, 0) is 18.2 Å². The van der Waals surface area contributed by atoms with Gasteiger partial charge in [0.25, 0.3) is 11.8 Å². The quantitative estimate of drug-likeness (QED) is 0.800. The summed E-state index contributed by atoms with van der Waals surface area (Å²) in [5.41, 5.74) is 0.647. The van der Waals surface area contributed by atoms with Crippen LogP contribution < -0.4 is 9.64 Å². The van der Waals surface area contributed by atoms with E-state index in [1.165, 1.54) is 13.2 Å². The Morgan fingerprint density at radius 2 is 1.67 bits per heavy atom. The molecule has 0 aromatic heterocycles. The molecule has 3 rings (SSSR count). The Bertz CT molecular complexity index is 717. The zero-order valence-electron chi connectivity index (χ0n) is 10.9. The van der Waals surface area contributed by atoms with Gasteiger partial charge < -0.3 is 4.74 Å². The Kier molecular flexibility index (Phi) is 3.14. The molecular weight excluding hydrogens is 297 g/mol. The standard InChI is InChI=1S/C15H9ClFNO3/c1-21-13-11(16)6-8(7-12(13)17)18-14(19)9-4-2-3-5-10(9)15(18)20/h2-7H,1H3. The molecule has 1 aliphatic heterocycles. The van der Waals surface area contributed by atoms with Crippen molar-refractivity contribution in [1.82, 2.24) is 0 Å². The molecule has 1 aliphatic rings. The highest BCUT2D eigenvalue weighted by atomic mass is 35.5. The van der Waals surface area contributed by atoms with Gasteiger partial charge in [-0.1, -0.05) is 23.7 Å². The molecular formula is C15H9ClFNO3. The monoisotopic (exact) mass is 305 g/mol. The fourth-order valence-electron chi connectivity index (χ4n) is 2.29. The molecule has 0 fully saturated rings. The molecule has 2 aromatic rings. The minimum absolute atomic E-state index is 0.0101. The number of imide groups is 1. The molecule has 0 unspecified atom stereocenters. The van der Waals surface area contributed by atoms with Crippen molar-refractivity contribution < 1.29 is 18.7 Å². The Labute approximate surface area is 124 Å². The van der Waals surface area contributed by atoms with E-state index < -0.39 is 17.6 Å². The van der Waals surface area contributed by atoms with Crippen LogP contribution in [-0.2, 0) is 0 Å². The maximum absolute atomic E-state index is 13.9. The minimum Gasteiger partial charge on any atom is -0.492 e. The number of amides is 2. The summed E-state index contributed by atoms with van der Waals surface area (Å²) in [6.07, 6.45) is 0. The summed E-state index contributed by atoms with van der Waals surface area (Å²) >= 11 is 5.91. The number of nitrogens with zero attached hydrogens (tertiary/aromatic N) is 1. The average Bonchev–Trinajstić information content (AvgIpc) is 2.71. The summed E-state index contributed by atoms with van der Waals surface area (Å²) in [6, 6.07) is 8.80. The van der Waals surface area contributed by atoms with Crippen molar-refractivity contribution in [3.63, 3.8) is 0 Å². The molecule has 0 saturated heterocycles. The second kappa shape index (κ2) is 4.86. The highest BCUT2D eigenvalue weighted by Gasteiger charge is 2.36. The van der Waals surface area contributed by atoms with Crippen molar-refractivity contribution in [2.75, 3.05) is 12.0 Å². The molecule has 1 heterocycles. The van der Waals surface area contributed by atoms with Crippen LogP contribution in [0.2, 0.25) is 5.02 Å². The predicted molar refractivity (Wildman–Crippen MR) is 75.5 cm³/mol. The van der Waals surface area contributed by atoms with Gasteiger partial charge in [0, 0.05) is 6.07 Å². The van der Waals surface area contributed by atoms with E-state index in [2.05, 4.69) is 0 Å². The van der Waals surface area contributed by atoms with Crippen molar-refractivity contribution in [2.45, 2.75) is 0 Å². The van der Waals surface area contributed by atoms with Crippen LogP contribution in [0.25, 0.3) is 0 Å². The zero-order valence-corrected chi connectivity index (χ0v) is 11.6. The first-order valence-corrected chi connectivity index (χ1v) is 6.43. The number of rotatable bonds is 2. The summed E-state index contributed by atoms with van der Waals surface area (Å²) in [5.74, 6) is -1.87. The molecule has 2 amide bonds. The van der Waals surface area contributed by atoms with Crippen molar-refractivity contribution >= 4 is 29.1 Å². The second-order valence-electron chi connectivity index (χ2n) is 4.43. The van der Waals surface area contributed by atoms with E-state index in [1.54, 1.807) is 24.3 Å². The molecule has 2 aromatic carbocycles. The van der Waals surface area contributed by atoms with Gasteiger partial charge in [-0.25, -0.2) is 9.29 Å². The minimum atomic E-state index is -0.739. The lowest BCUT2D eigenvalue weighted by atomic mass is 10.1. The van der Waals surface area contributed by atoms with Crippen LogP contribution in [0.1, 0.15) is 20.7 Å². The maximum atomic E-state index is 13.9. The highest BCUT2D eigenvalue weighted by Crippen LogP contribution is 2.35. The third-order valence-electron chi connectivity index (χ3n) is 3.24. The van der Waals surface area contributed by atoms with Crippen LogP contribution in [0, 0.1) is 5.82 Å². The zero-order chi connectivity index (χ0) is 15.1. The fraction of sp³-hybridized carbons (Fsp3) is 0.0667. The number of benzene rings is 2. The van der Waals surface area contributed by atoms with Gasteiger partial charge in [-0.3, -0.25) is 9.59 Å². The van der Waals surface area contributed by atoms with Crippen molar-refractivity contribution in [1.29, 1.82) is 0 Å². The molecule has 4 nitrogen and oxygen atoms in total. The smallest absolute Gasteiger partial charge is 0.266 e.